The third-order valence-corrected chi connectivity index (χ3v) is 5.41. The molecule has 0 spiro atoms. The van der Waals surface area contributed by atoms with E-state index in [-0.39, 0.29) is 10.6 Å². The van der Waals surface area contributed by atoms with Gasteiger partial charge < -0.3 is 14.3 Å². The fourth-order valence-corrected chi connectivity index (χ4v) is 4.04. The van der Waals surface area contributed by atoms with Crippen LogP contribution in [-0.4, -0.2) is 24.1 Å². The molecule has 1 aromatic carbocycles. The molecule has 6 nitrogen and oxygen atoms in total. The molecule has 0 aliphatic heterocycles. The van der Waals surface area contributed by atoms with Gasteiger partial charge in [-0.05, 0) is 23.3 Å². The Morgan fingerprint density at radius 1 is 1.09 bits per heavy atom. The fourth-order valence-electron chi connectivity index (χ4n) is 1.83. The summed E-state index contributed by atoms with van der Waals surface area (Å²) < 4.78 is 30.4. The molecule has 0 saturated carbocycles. The Hall–Kier alpha value is -1.15. The largest absolute Gasteiger partial charge is 0.397 e. The summed E-state index contributed by atoms with van der Waals surface area (Å²) in [6, 6.07) is 10.2. The summed E-state index contributed by atoms with van der Waals surface area (Å²) in [5.41, 5.74) is 0.516. The van der Waals surface area contributed by atoms with E-state index in [1.807, 2.05) is 12.1 Å². The molecule has 1 atom stereocenters. The lowest BCUT2D eigenvalue weighted by Gasteiger charge is -2.02. The molecule has 1 aromatic heterocycles. The number of rotatable bonds is 6. The van der Waals surface area contributed by atoms with E-state index in [2.05, 4.69) is 0 Å². The summed E-state index contributed by atoms with van der Waals surface area (Å²) in [7, 11) is -4.75. The minimum Gasteiger partial charge on any atom is -0.319 e. The first-order chi connectivity index (χ1) is 10.3. The lowest BCUT2D eigenvalue weighted by molar-refractivity contribution is 0.104. The Labute approximate surface area is 133 Å². The molecule has 2 aromatic rings. The minimum atomic E-state index is -4.75. The van der Waals surface area contributed by atoms with Crippen LogP contribution >= 0.6 is 18.9 Å². The molecule has 0 saturated heterocycles. The van der Waals surface area contributed by atoms with Crippen molar-refractivity contribution in [2.45, 2.75) is 12.2 Å². The van der Waals surface area contributed by atoms with E-state index < -0.39 is 24.2 Å². The number of thiophene rings is 1. The van der Waals surface area contributed by atoms with Crippen molar-refractivity contribution in [3.63, 3.8) is 0 Å². The maximum atomic E-state index is 11.5. The summed E-state index contributed by atoms with van der Waals surface area (Å²) in [6.45, 7) is 0. The van der Waals surface area contributed by atoms with Crippen LogP contribution in [0.25, 0.3) is 0 Å². The van der Waals surface area contributed by atoms with Crippen LogP contribution in [0.15, 0.2) is 36.4 Å². The van der Waals surface area contributed by atoms with Crippen molar-refractivity contribution in [1.29, 1.82) is 0 Å². The molecule has 1 heterocycles. The van der Waals surface area contributed by atoms with Gasteiger partial charge in [0.15, 0.2) is 11.1 Å². The molecule has 0 radical (unpaired) electrons. The van der Waals surface area contributed by atoms with Crippen molar-refractivity contribution >= 4 is 35.5 Å². The third kappa shape index (κ3) is 4.67. The molecule has 22 heavy (non-hydrogen) atoms. The molecule has 0 bridgehead atoms. The van der Waals surface area contributed by atoms with Gasteiger partial charge in [0.25, 0.3) is 5.52 Å². The Bertz CT molecular complexity index is 746. The standard InChI is InChI=1S/C13H13O6PS2/c14-13(20(15,16)17)12-6-5-11(21-12)7-9-1-3-10(4-2-9)8-22(18)19/h1-6H,7-8H2,(H,18,19)(H2,15,16,17). The van der Waals surface area contributed by atoms with Crippen LogP contribution in [0.5, 0.6) is 0 Å². The molecule has 2 rings (SSSR count). The van der Waals surface area contributed by atoms with Gasteiger partial charge in [-0.1, -0.05) is 24.3 Å². The maximum absolute atomic E-state index is 11.5. The predicted octanol–water partition coefficient (Wildman–Crippen LogP) is 2.38. The first-order valence-corrected chi connectivity index (χ1v) is 9.80. The van der Waals surface area contributed by atoms with Gasteiger partial charge in [0.05, 0.1) is 10.6 Å². The second kappa shape index (κ2) is 6.95. The van der Waals surface area contributed by atoms with Gasteiger partial charge in [-0.2, -0.15) is 0 Å². The van der Waals surface area contributed by atoms with Crippen molar-refractivity contribution in [3.05, 3.63) is 57.3 Å². The quantitative estimate of drug-likeness (QED) is 0.539. The number of benzene rings is 1. The molecule has 0 amide bonds. The Morgan fingerprint density at radius 3 is 2.23 bits per heavy atom. The van der Waals surface area contributed by atoms with Crippen molar-refractivity contribution in [1.82, 2.24) is 0 Å². The topological polar surface area (TPSA) is 112 Å². The van der Waals surface area contributed by atoms with E-state index in [0.717, 1.165) is 27.3 Å². The number of hydrogen-bond acceptors (Lipinski definition) is 4. The van der Waals surface area contributed by atoms with E-state index in [4.69, 9.17) is 14.3 Å². The van der Waals surface area contributed by atoms with Crippen molar-refractivity contribution in [2.24, 2.45) is 0 Å². The zero-order valence-electron chi connectivity index (χ0n) is 11.2. The molecule has 9 heteroatoms. The molecule has 0 aliphatic rings. The first kappa shape index (κ1) is 17.2. The second-order valence-corrected chi connectivity index (χ2v) is 8.17. The summed E-state index contributed by atoms with van der Waals surface area (Å²) in [5, 5.41) is 0. The van der Waals surface area contributed by atoms with E-state index in [0.29, 0.717) is 6.42 Å². The van der Waals surface area contributed by atoms with Crippen molar-refractivity contribution < 1.29 is 27.9 Å². The average Bonchev–Trinajstić information content (AvgIpc) is 2.87. The number of carbonyl (C=O) groups is 1. The molecule has 1 unspecified atom stereocenters. The summed E-state index contributed by atoms with van der Waals surface area (Å²) in [4.78, 5) is 30.0. The van der Waals surface area contributed by atoms with Crippen LogP contribution in [-0.2, 0) is 27.8 Å². The van der Waals surface area contributed by atoms with Gasteiger partial charge in [-0.3, -0.25) is 9.36 Å². The summed E-state index contributed by atoms with van der Waals surface area (Å²) >= 11 is -0.834. The monoisotopic (exact) mass is 360 g/mol. The molecule has 118 valence electrons. The Balaban J connectivity index is 2.08. The van der Waals surface area contributed by atoms with E-state index in [9.17, 15) is 13.6 Å². The normalized spacial score (nSPS) is 13.0. The summed E-state index contributed by atoms with van der Waals surface area (Å²) in [6.07, 6.45) is 0.515. The molecule has 0 fully saturated rings. The number of hydrogen-bond donors (Lipinski definition) is 3. The van der Waals surface area contributed by atoms with Gasteiger partial charge in [0.2, 0.25) is 0 Å². The Morgan fingerprint density at radius 2 is 1.68 bits per heavy atom. The van der Waals surface area contributed by atoms with Crippen LogP contribution in [0.4, 0.5) is 0 Å². The van der Waals surface area contributed by atoms with Crippen LogP contribution in [0, 0.1) is 0 Å². The highest BCUT2D eigenvalue weighted by Crippen LogP contribution is 2.41. The smallest absolute Gasteiger partial charge is 0.319 e. The SMILES string of the molecule is O=C(c1ccc(Cc2ccc(CS(=O)O)cc2)s1)P(=O)(O)O. The highest BCUT2D eigenvalue weighted by Gasteiger charge is 2.28. The van der Waals surface area contributed by atoms with Gasteiger partial charge in [0.1, 0.15) is 0 Å². The van der Waals surface area contributed by atoms with Gasteiger partial charge in [-0.15, -0.1) is 11.3 Å². The van der Waals surface area contributed by atoms with E-state index >= 15 is 0 Å². The zero-order chi connectivity index (χ0) is 16.3. The lowest BCUT2D eigenvalue weighted by Crippen LogP contribution is -1.96. The lowest BCUT2D eigenvalue weighted by atomic mass is 10.1. The predicted molar refractivity (Wildman–Crippen MR) is 84.4 cm³/mol. The first-order valence-electron chi connectivity index (χ1n) is 6.10. The highest BCUT2D eigenvalue weighted by atomic mass is 32.2. The van der Waals surface area contributed by atoms with Gasteiger partial charge >= 0.3 is 7.60 Å². The second-order valence-electron chi connectivity index (χ2n) is 4.57. The molecular weight excluding hydrogens is 347 g/mol. The summed E-state index contributed by atoms with van der Waals surface area (Å²) in [5.74, 6) is 0.0697. The number of carbonyl (C=O) groups excluding carboxylic acids is 1. The van der Waals surface area contributed by atoms with E-state index in [1.165, 1.54) is 6.07 Å². The van der Waals surface area contributed by atoms with Crippen LogP contribution in [0.3, 0.4) is 0 Å². The van der Waals surface area contributed by atoms with Crippen LogP contribution < -0.4 is 0 Å². The van der Waals surface area contributed by atoms with Crippen molar-refractivity contribution in [3.8, 4) is 0 Å². The van der Waals surface area contributed by atoms with Crippen LogP contribution in [0.2, 0.25) is 0 Å². The van der Waals surface area contributed by atoms with Gasteiger partial charge in [-0.25, -0.2) is 4.21 Å². The maximum Gasteiger partial charge on any atom is 0.397 e. The van der Waals surface area contributed by atoms with Gasteiger partial charge in [0, 0.05) is 11.3 Å². The molecule has 3 N–H and O–H groups in total. The zero-order valence-corrected chi connectivity index (χ0v) is 13.7. The van der Waals surface area contributed by atoms with Crippen LogP contribution in [0.1, 0.15) is 25.7 Å². The minimum absolute atomic E-state index is 0.0376. The molecular formula is C13H13O6PS2. The third-order valence-electron chi connectivity index (χ3n) is 2.83. The fraction of sp³-hybridized carbons (Fsp3) is 0.154. The molecule has 0 aliphatic carbocycles. The average molecular weight is 360 g/mol. The highest BCUT2D eigenvalue weighted by molar-refractivity contribution is 7.78. The Kier molecular flexibility index (Phi) is 5.44. The van der Waals surface area contributed by atoms with Crippen molar-refractivity contribution in [2.75, 3.05) is 0 Å². The van der Waals surface area contributed by atoms with E-state index in [1.54, 1.807) is 18.2 Å².